The molecule has 4 rings (SSSR count). The molecule has 0 amide bonds. The quantitative estimate of drug-likeness (QED) is 0.792. The third-order valence-corrected chi connectivity index (χ3v) is 4.90. The van der Waals surface area contributed by atoms with Crippen LogP contribution in [0.4, 0.5) is 5.69 Å². The molecule has 92 valence electrons. The number of hydrogen-bond donors (Lipinski definition) is 0. The van der Waals surface area contributed by atoms with Gasteiger partial charge < -0.3 is 4.90 Å². The molecular formula is C15H15BrN2. The number of halogens is 1. The first-order valence-corrected chi connectivity index (χ1v) is 7.34. The summed E-state index contributed by atoms with van der Waals surface area (Å²) in [5.74, 6) is 0. The Morgan fingerprint density at radius 1 is 1.22 bits per heavy atom. The van der Waals surface area contributed by atoms with Gasteiger partial charge in [0.15, 0.2) is 0 Å². The summed E-state index contributed by atoms with van der Waals surface area (Å²) in [6.45, 7) is 2.45. The van der Waals surface area contributed by atoms with Crippen LogP contribution in [-0.2, 0) is 0 Å². The minimum absolute atomic E-state index is 0.664. The highest BCUT2D eigenvalue weighted by Crippen LogP contribution is 2.50. The van der Waals surface area contributed by atoms with Crippen LogP contribution in [0.5, 0.6) is 0 Å². The summed E-state index contributed by atoms with van der Waals surface area (Å²) in [6, 6.07) is 8.62. The highest BCUT2D eigenvalue weighted by Gasteiger charge is 2.47. The van der Waals surface area contributed by atoms with Crippen molar-refractivity contribution in [2.75, 3.05) is 18.0 Å². The van der Waals surface area contributed by atoms with Crippen molar-refractivity contribution < 1.29 is 0 Å². The fourth-order valence-corrected chi connectivity index (χ4v) is 3.65. The van der Waals surface area contributed by atoms with Gasteiger partial charge in [-0.3, -0.25) is 4.98 Å². The first-order chi connectivity index (χ1) is 8.76. The molecule has 1 aromatic carbocycles. The Morgan fingerprint density at radius 3 is 2.78 bits per heavy atom. The standard InChI is InChI=1S/C15H15BrN2/c16-12-7-11-3-1-4-13(14(11)17-8-12)18-9-15(10-18)5-2-6-15/h1,3-4,7-8H,2,5-6,9-10H2. The van der Waals surface area contributed by atoms with E-state index >= 15 is 0 Å². The average molecular weight is 303 g/mol. The van der Waals surface area contributed by atoms with Crippen LogP contribution in [0.3, 0.4) is 0 Å². The Balaban J connectivity index is 1.72. The van der Waals surface area contributed by atoms with E-state index in [0.29, 0.717) is 5.41 Å². The molecular weight excluding hydrogens is 288 g/mol. The zero-order chi connectivity index (χ0) is 12.2. The Morgan fingerprint density at radius 2 is 2.06 bits per heavy atom. The van der Waals surface area contributed by atoms with E-state index in [0.717, 1.165) is 9.99 Å². The number of anilines is 1. The SMILES string of the molecule is Brc1cnc2c(N3CC4(CCC4)C3)cccc2c1. The van der Waals surface area contributed by atoms with Gasteiger partial charge in [0.05, 0.1) is 11.2 Å². The Labute approximate surface area is 115 Å². The largest absolute Gasteiger partial charge is 0.369 e. The van der Waals surface area contributed by atoms with Crippen LogP contribution < -0.4 is 4.90 Å². The molecule has 0 N–H and O–H groups in total. The lowest BCUT2D eigenvalue weighted by Gasteiger charge is -2.57. The van der Waals surface area contributed by atoms with E-state index in [4.69, 9.17) is 0 Å². The van der Waals surface area contributed by atoms with E-state index in [1.54, 1.807) is 0 Å². The molecule has 1 aromatic heterocycles. The smallest absolute Gasteiger partial charge is 0.0936 e. The third kappa shape index (κ3) is 1.50. The van der Waals surface area contributed by atoms with Gasteiger partial charge in [0, 0.05) is 34.6 Å². The highest BCUT2D eigenvalue weighted by atomic mass is 79.9. The van der Waals surface area contributed by atoms with E-state index in [2.05, 4.69) is 50.1 Å². The summed E-state index contributed by atoms with van der Waals surface area (Å²) in [4.78, 5) is 7.08. The molecule has 0 bridgehead atoms. The molecule has 1 aliphatic carbocycles. The molecule has 2 aromatic rings. The summed E-state index contributed by atoms with van der Waals surface area (Å²) in [6.07, 6.45) is 6.17. The summed E-state index contributed by atoms with van der Waals surface area (Å²) in [7, 11) is 0. The van der Waals surface area contributed by atoms with Crippen molar-refractivity contribution in [1.82, 2.24) is 4.98 Å². The summed E-state index contributed by atoms with van der Waals surface area (Å²) in [5, 5.41) is 1.22. The highest BCUT2D eigenvalue weighted by molar-refractivity contribution is 9.10. The van der Waals surface area contributed by atoms with Gasteiger partial charge in [-0.15, -0.1) is 0 Å². The summed E-state index contributed by atoms with van der Waals surface area (Å²) < 4.78 is 1.05. The maximum absolute atomic E-state index is 4.59. The number of para-hydroxylation sites is 1. The topological polar surface area (TPSA) is 16.1 Å². The predicted molar refractivity (Wildman–Crippen MR) is 77.9 cm³/mol. The molecule has 0 atom stereocenters. The fourth-order valence-electron chi connectivity index (χ4n) is 3.30. The average Bonchev–Trinajstić information content (AvgIpc) is 2.25. The second-order valence-electron chi connectivity index (χ2n) is 5.71. The molecule has 0 unspecified atom stereocenters. The predicted octanol–water partition coefficient (Wildman–Crippen LogP) is 3.99. The fraction of sp³-hybridized carbons (Fsp3) is 0.400. The molecule has 1 spiro atoms. The van der Waals surface area contributed by atoms with Crippen molar-refractivity contribution in [2.24, 2.45) is 5.41 Å². The van der Waals surface area contributed by atoms with Gasteiger partial charge in [-0.1, -0.05) is 18.6 Å². The Kier molecular flexibility index (Phi) is 2.22. The number of nitrogens with zero attached hydrogens (tertiary/aromatic N) is 2. The first-order valence-electron chi connectivity index (χ1n) is 6.55. The van der Waals surface area contributed by atoms with Crippen molar-refractivity contribution in [3.8, 4) is 0 Å². The van der Waals surface area contributed by atoms with Gasteiger partial charge in [-0.05, 0) is 40.9 Å². The molecule has 1 saturated heterocycles. The van der Waals surface area contributed by atoms with Gasteiger partial charge in [0.25, 0.3) is 0 Å². The normalized spacial score (nSPS) is 20.8. The molecule has 2 nitrogen and oxygen atoms in total. The zero-order valence-corrected chi connectivity index (χ0v) is 11.8. The third-order valence-electron chi connectivity index (χ3n) is 4.46. The number of fused-ring (bicyclic) bond motifs is 1. The van der Waals surface area contributed by atoms with Crippen LogP contribution in [0.1, 0.15) is 19.3 Å². The number of benzene rings is 1. The molecule has 2 heterocycles. The monoisotopic (exact) mass is 302 g/mol. The van der Waals surface area contributed by atoms with Crippen LogP contribution in [0.15, 0.2) is 34.9 Å². The van der Waals surface area contributed by atoms with E-state index < -0.39 is 0 Å². The van der Waals surface area contributed by atoms with Gasteiger partial charge in [-0.25, -0.2) is 0 Å². The maximum atomic E-state index is 4.59. The number of hydrogen-bond acceptors (Lipinski definition) is 2. The molecule has 1 aliphatic heterocycles. The first kappa shape index (κ1) is 10.8. The van der Waals surface area contributed by atoms with Crippen LogP contribution in [-0.4, -0.2) is 18.1 Å². The van der Waals surface area contributed by atoms with E-state index in [1.165, 1.54) is 43.4 Å². The van der Waals surface area contributed by atoms with Gasteiger partial charge in [0.2, 0.25) is 0 Å². The lowest BCUT2D eigenvalue weighted by Crippen LogP contribution is -2.59. The lowest BCUT2D eigenvalue weighted by atomic mass is 9.63. The molecule has 2 fully saturated rings. The van der Waals surface area contributed by atoms with Crippen molar-refractivity contribution in [2.45, 2.75) is 19.3 Å². The molecule has 3 heteroatoms. The van der Waals surface area contributed by atoms with Crippen LogP contribution in [0.25, 0.3) is 10.9 Å². The Hall–Kier alpha value is -1.09. The molecule has 0 radical (unpaired) electrons. The Bertz CT molecular complexity index is 611. The van der Waals surface area contributed by atoms with Crippen molar-refractivity contribution in [1.29, 1.82) is 0 Å². The molecule has 2 aliphatic rings. The lowest BCUT2D eigenvalue weighted by molar-refractivity contribution is 0.0906. The van der Waals surface area contributed by atoms with Crippen molar-refractivity contribution >= 4 is 32.5 Å². The molecule has 1 saturated carbocycles. The summed E-state index contributed by atoms with van der Waals surface area (Å²) >= 11 is 3.49. The van der Waals surface area contributed by atoms with Gasteiger partial charge in [0.1, 0.15) is 0 Å². The number of aromatic nitrogens is 1. The number of rotatable bonds is 1. The van der Waals surface area contributed by atoms with Crippen molar-refractivity contribution in [3.05, 3.63) is 34.9 Å². The maximum Gasteiger partial charge on any atom is 0.0936 e. The van der Waals surface area contributed by atoms with Crippen LogP contribution in [0.2, 0.25) is 0 Å². The van der Waals surface area contributed by atoms with Gasteiger partial charge in [-0.2, -0.15) is 0 Å². The summed E-state index contributed by atoms with van der Waals surface area (Å²) in [5.41, 5.74) is 3.10. The van der Waals surface area contributed by atoms with E-state index in [1.807, 2.05) is 6.20 Å². The number of pyridine rings is 1. The van der Waals surface area contributed by atoms with Crippen LogP contribution in [0, 0.1) is 5.41 Å². The zero-order valence-electron chi connectivity index (χ0n) is 10.2. The minimum Gasteiger partial charge on any atom is -0.369 e. The van der Waals surface area contributed by atoms with Crippen molar-refractivity contribution in [3.63, 3.8) is 0 Å². The second kappa shape index (κ2) is 3.70. The second-order valence-corrected chi connectivity index (χ2v) is 6.63. The van der Waals surface area contributed by atoms with E-state index in [-0.39, 0.29) is 0 Å². The minimum atomic E-state index is 0.664. The molecule has 18 heavy (non-hydrogen) atoms. The van der Waals surface area contributed by atoms with Crippen LogP contribution >= 0.6 is 15.9 Å². The van der Waals surface area contributed by atoms with E-state index in [9.17, 15) is 0 Å². The van der Waals surface area contributed by atoms with Gasteiger partial charge >= 0.3 is 0 Å².